The van der Waals surface area contributed by atoms with Gasteiger partial charge in [-0.3, -0.25) is 4.79 Å². The van der Waals surface area contributed by atoms with Crippen molar-refractivity contribution in [1.29, 1.82) is 0 Å². The molecule has 0 unspecified atom stereocenters. The van der Waals surface area contributed by atoms with E-state index in [1.807, 2.05) is 31.2 Å². The highest BCUT2D eigenvalue weighted by Gasteiger charge is 2.25. The number of hydrogen-bond acceptors (Lipinski definition) is 3. The molecule has 1 fully saturated rings. The molecule has 1 aliphatic rings. The van der Waals surface area contributed by atoms with Gasteiger partial charge in [-0.1, -0.05) is 19.8 Å². The molecule has 1 aliphatic carbocycles. The first-order valence-electron chi connectivity index (χ1n) is 7.71. The molecule has 3 atom stereocenters. The molecule has 0 saturated heterocycles. The number of benzene rings is 1. The van der Waals surface area contributed by atoms with E-state index in [0.717, 1.165) is 17.1 Å². The van der Waals surface area contributed by atoms with Crippen LogP contribution in [0.15, 0.2) is 29.2 Å². The molecule has 3 nitrogen and oxygen atoms in total. The predicted molar refractivity (Wildman–Crippen MR) is 87.9 cm³/mol. The van der Waals surface area contributed by atoms with E-state index in [0.29, 0.717) is 12.0 Å². The predicted octanol–water partition coefficient (Wildman–Crippen LogP) is 3.87. The molecule has 1 aromatic rings. The molecule has 1 N–H and O–H groups in total. The SMILES string of the molecule is COc1ccc(S[C@H](C)C(=O)N[C@@H]2CCCC[C@H]2C)cc1. The molecule has 0 radical (unpaired) electrons. The molecule has 0 heterocycles. The monoisotopic (exact) mass is 307 g/mol. The molecule has 1 saturated carbocycles. The zero-order valence-electron chi connectivity index (χ0n) is 13.1. The first-order valence-corrected chi connectivity index (χ1v) is 8.59. The van der Waals surface area contributed by atoms with Gasteiger partial charge in [-0.05, 0) is 49.9 Å². The van der Waals surface area contributed by atoms with Gasteiger partial charge in [-0.15, -0.1) is 11.8 Å². The second-order valence-electron chi connectivity index (χ2n) is 5.81. The van der Waals surface area contributed by atoms with Gasteiger partial charge in [0.1, 0.15) is 5.75 Å². The Labute approximate surface area is 131 Å². The highest BCUT2D eigenvalue weighted by atomic mass is 32.2. The van der Waals surface area contributed by atoms with Gasteiger partial charge in [0.25, 0.3) is 0 Å². The van der Waals surface area contributed by atoms with Crippen LogP contribution in [-0.4, -0.2) is 24.3 Å². The second-order valence-corrected chi connectivity index (χ2v) is 7.23. The standard InChI is InChI=1S/C17H25NO2S/c1-12-6-4-5-7-16(12)18-17(19)13(2)21-15-10-8-14(20-3)9-11-15/h8-13,16H,4-7H2,1-3H3,(H,18,19)/t12-,13-,16-/m1/s1. The van der Waals surface area contributed by atoms with E-state index in [1.54, 1.807) is 18.9 Å². The van der Waals surface area contributed by atoms with Crippen LogP contribution in [0.1, 0.15) is 39.5 Å². The quantitative estimate of drug-likeness (QED) is 0.839. The van der Waals surface area contributed by atoms with Gasteiger partial charge in [0.15, 0.2) is 0 Å². The summed E-state index contributed by atoms with van der Waals surface area (Å²) >= 11 is 1.59. The van der Waals surface area contributed by atoms with Crippen LogP contribution in [-0.2, 0) is 4.79 Å². The zero-order valence-corrected chi connectivity index (χ0v) is 13.9. The molecule has 1 aromatic carbocycles. The number of hydrogen-bond donors (Lipinski definition) is 1. The van der Waals surface area contributed by atoms with E-state index in [-0.39, 0.29) is 11.2 Å². The van der Waals surface area contributed by atoms with E-state index in [1.165, 1.54) is 19.3 Å². The van der Waals surface area contributed by atoms with E-state index in [9.17, 15) is 4.79 Å². The van der Waals surface area contributed by atoms with Crippen LogP contribution in [0.5, 0.6) is 5.75 Å². The van der Waals surface area contributed by atoms with Gasteiger partial charge < -0.3 is 10.1 Å². The Balaban J connectivity index is 1.86. The zero-order chi connectivity index (χ0) is 15.2. The molecular weight excluding hydrogens is 282 g/mol. The van der Waals surface area contributed by atoms with Gasteiger partial charge in [-0.25, -0.2) is 0 Å². The van der Waals surface area contributed by atoms with Gasteiger partial charge >= 0.3 is 0 Å². The lowest BCUT2D eigenvalue weighted by molar-refractivity contribution is -0.121. The number of nitrogens with one attached hydrogen (secondary N) is 1. The van der Waals surface area contributed by atoms with Gasteiger partial charge in [0.2, 0.25) is 5.91 Å². The largest absolute Gasteiger partial charge is 0.497 e. The molecule has 1 amide bonds. The van der Waals surface area contributed by atoms with Crippen molar-refractivity contribution in [2.45, 2.75) is 55.7 Å². The van der Waals surface area contributed by atoms with Gasteiger partial charge in [-0.2, -0.15) is 0 Å². The third-order valence-electron chi connectivity index (χ3n) is 4.18. The van der Waals surface area contributed by atoms with Crippen molar-refractivity contribution in [2.75, 3.05) is 7.11 Å². The fraction of sp³-hybridized carbons (Fsp3) is 0.588. The third-order valence-corrected chi connectivity index (χ3v) is 5.29. The normalized spacial score (nSPS) is 23.4. The van der Waals surface area contributed by atoms with Crippen LogP contribution < -0.4 is 10.1 Å². The van der Waals surface area contributed by atoms with Crippen LogP contribution in [0, 0.1) is 5.92 Å². The molecule has 4 heteroatoms. The molecule has 0 bridgehead atoms. The topological polar surface area (TPSA) is 38.3 Å². The van der Waals surface area contributed by atoms with Crippen molar-refractivity contribution >= 4 is 17.7 Å². The van der Waals surface area contributed by atoms with Crippen molar-refractivity contribution in [3.05, 3.63) is 24.3 Å². The minimum Gasteiger partial charge on any atom is -0.497 e. The number of methoxy groups -OCH3 is 1. The van der Waals surface area contributed by atoms with Gasteiger partial charge in [0, 0.05) is 10.9 Å². The summed E-state index contributed by atoms with van der Waals surface area (Å²) in [4.78, 5) is 13.4. The number of amides is 1. The molecule has 21 heavy (non-hydrogen) atoms. The lowest BCUT2D eigenvalue weighted by Crippen LogP contribution is -2.44. The number of carbonyl (C=O) groups excluding carboxylic acids is 1. The molecule has 0 aliphatic heterocycles. The van der Waals surface area contributed by atoms with Crippen LogP contribution in [0.2, 0.25) is 0 Å². The summed E-state index contributed by atoms with van der Waals surface area (Å²) in [7, 11) is 1.66. The summed E-state index contributed by atoms with van der Waals surface area (Å²) in [6.07, 6.45) is 4.87. The Morgan fingerprint density at radius 2 is 1.95 bits per heavy atom. The smallest absolute Gasteiger partial charge is 0.233 e. The molecule has 0 aromatic heterocycles. The van der Waals surface area contributed by atoms with Crippen molar-refractivity contribution < 1.29 is 9.53 Å². The fourth-order valence-electron chi connectivity index (χ4n) is 2.74. The molecule has 0 spiro atoms. The lowest BCUT2D eigenvalue weighted by Gasteiger charge is -2.30. The number of rotatable bonds is 5. The van der Waals surface area contributed by atoms with E-state index < -0.39 is 0 Å². The van der Waals surface area contributed by atoms with Crippen molar-refractivity contribution in [1.82, 2.24) is 5.32 Å². The fourth-order valence-corrected chi connectivity index (χ4v) is 3.62. The van der Waals surface area contributed by atoms with E-state index in [2.05, 4.69) is 12.2 Å². The number of ether oxygens (including phenoxy) is 1. The van der Waals surface area contributed by atoms with E-state index in [4.69, 9.17) is 4.74 Å². The van der Waals surface area contributed by atoms with E-state index >= 15 is 0 Å². The Morgan fingerprint density at radius 1 is 1.29 bits per heavy atom. The minimum atomic E-state index is -0.0764. The molecule has 2 rings (SSSR count). The molecular formula is C17H25NO2S. The van der Waals surface area contributed by atoms with Crippen LogP contribution in [0.3, 0.4) is 0 Å². The summed E-state index contributed by atoms with van der Waals surface area (Å²) in [5, 5.41) is 3.15. The maximum Gasteiger partial charge on any atom is 0.233 e. The summed E-state index contributed by atoms with van der Waals surface area (Å²) in [6, 6.07) is 8.20. The minimum absolute atomic E-state index is 0.0764. The lowest BCUT2D eigenvalue weighted by atomic mass is 9.86. The average Bonchev–Trinajstić information content (AvgIpc) is 2.50. The number of thioether (sulfide) groups is 1. The average molecular weight is 307 g/mol. The summed E-state index contributed by atoms with van der Waals surface area (Å²) in [5.41, 5.74) is 0. The summed E-state index contributed by atoms with van der Waals surface area (Å²) in [5.74, 6) is 1.59. The van der Waals surface area contributed by atoms with Crippen LogP contribution >= 0.6 is 11.8 Å². The maximum atomic E-state index is 12.3. The van der Waals surface area contributed by atoms with Crippen molar-refractivity contribution in [3.63, 3.8) is 0 Å². The first kappa shape index (κ1) is 16.2. The highest BCUT2D eigenvalue weighted by molar-refractivity contribution is 8.00. The van der Waals surface area contributed by atoms with Crippen LogP contribution in [0.4, 0.5) is 0 Å². The highest BCUT2D eigenvalue weighted by Crippen LogP contribution is 2.27. The van der Waals surface area contributed by atoms with Crippen LogP contribution in [0.25, 0.3) is 0 Å². The molecule has 116 valence electrons. The second kappa shape index (κ2) is 7.74. The Kier molecular flexibility index (Phi) is 5.97. The summed E-state index contributed by atoms with van der Waals surface area (Å²) < 4.78 is 5.15. The number of carbonyl (C=O) groups is 1. The van der Waals surface area contributed by atoms with Crippen molar-refractivity contribution in [2.24, 2.45) is 5.92 Å². The maximum absolute atomic E-state index is 12.3. The van der Waals surface area contributed by atoms with Gasteiger partial charge in [0.05, 0.1) is 12.4 Å². The summed E-state index contributed by atoms with van der Waals surface area (Å²) in [6.45, 7) is 4.21. The Morgan fingerprint density at radius 3 is 2.57 bits per heavy atom. The first-order chi connectivity index (χ1) is 10.1. The third kappa shape index (κ3) is 4.67. The Bertz CT molecular complexity index is 460. The Hall–Kier alpha value is -1.16. The van der Waals surface area contributed by atoms with Crippen molar-refractivity contribution in [3.8, 4) is 5.75 Å².